The zero-order chi connectivity index (χ0) is 5.28. The van der Waals surface area contributed by atoms with E-state index in [-0.39, 0.29) is 52.2 Å². The number of hydrogen-bond donors (Lipinski definition) is 0. The summed E-state index contributed by atoms with van der Waals surface area (Å²) in [5.41, 5.74) is 0. The van der Waals surface area contributed by atoms with E-state index in [1.807, 2.05) is 0 Å². The van der Waals surface area contributed by atoms with Gasteiger partial charge in [-0.15, -0.1) is 0 Å². The third kappa shape index (κ3) is 4.04. The number of esters is 1. The molecule has 0 aromatic carbocycles. The SMILES string of the molecule is [CH2-]C1CCC(=O)O1.[CH3-].[Y]. The maximum Gasteiger partial charge on any atom is 0.303 e. The molecule has 1 aliphatic rings. The van der Waals surface area contributed by atoms with Crippen LogP contribution >= 0.6 is 0 Å². The smallest absolute Gasteiger partial charge is 0.303 e. The normalized spacial score (nSPS) is 23.7. The maximum absolute atomic E-state index is 10.2. The molecule has 0 saturated carbocycles. The van der Waals surface area contributed by atoms with Crippen molar-refractivity contribution < 1.29 is 42.2 Å². The van der Waals surface area contributed by atoms with Crippen molar-refractivity contribution in [1.82, 2.24) is 0 Å². The van der Waals surface area contributed by atoms with E-state index in [0.29, 0.717) is 6.42 Å². The largest absolute Gasteiger partial charge is 0.496 e. The molecule has 0 aliphatic carbocycles. The Labute approximate surface area is 81.2 Å². The Morgan fingerprint density at radius 3 is 2.33 bits per heavy atom. The zero-order valence-electron chi connectivity index (χ0n) is 5.59. The van der Waals surface area contributed by atoms with E-state index >= 15 is 0 Å². The Morgan fingerprint density at radius 2 is 2.22 bits per heavy atom. The summed E-state index contributed by atoms with van der Waals surface area (Å²) in [6.45, 7) is 3.54. The summed E-state index contributed by atoms with van der Waals surface area (Å²) in [7, 11) is 0. The fourth-order valence-electron chi connectivity index (χ4n) is 0.583. The van der Waals surface area contributed by atoms with Gasteiger partial charge in [0.15, 0.2) is 0 Å². The summed E-state index contributed by atoms with van der Waals surface area (Å²) in [4.78, 5) is 10.2. The fourth-order valence-corrected chi connectivity index (χ4v) is 0.583. The number of cyclic esters (lactones) is 1. The second-order valence-electron chi connectivity index (χ2n) is 1.65. The summed E-state index contributed by atoms with van der Waals surface area (Å²) in [6, 6.07) is 0. The monoisotopic (exact) mass is 203 g/mol. The summed E-state index contributed by atoms with van der Waals surface area (Å²) in [6.07, 6.45) is 1.26. The number of hydrogen-bond acceptors (Lipinski definition) is 2. The van der Waals surface area contributed by atoms with Crippen LogP contribution in [0.15, 0.2) is 0 Å². The van der Waals surface area contributed by atoms with Crippen LogP contribution in [0.2, 0.25) is 0 Å². The zero-order valence-corrected chi connectivity index (χ0v) is 8.43. The van der Waals surface area contributed by atoms with E-state index in [4.69, 9.17) is 0 Å². The average molecular weight is 203 g/mol. The first-order valence-corrected chi connectivity index (χ1v) is 2.31. The summed E-state index contributed by atoms with van der Waals surface area (Å²) >= 11 is 0. The van der Waals surface area contributed by atoms with Crippen LogP contribution in [-0.2, 0) is 42.2 Å². The molecule has 51 valence electrons. The molecule has 0 spiro atoms. The van der Waals surface area contributed by atoms with Gasteiger partial charge in [0.2, 0.25) is 0 Å². The van der Waals surface area contributed by atoms with Gasteiger partial charge in [-0.3, -0.25) is 4.79 Å². The Hall–Kier alpha value is 0.574. The van der Waals surface area contributed by atoms with Crippen LogP contribution in [0.5, 0.6) is 0 Å². The molecule has 0 aromatic rings. The van der Waals surface area contributed by atoms with Gasteiger partial charge in [0.1, 0.15) is 0 Å². The minimum Gasteiger partial charge on any atom is -0.496 e. The molecule has 0 amide bonds. The first-order chi connectivity index (χ1) is 3.29. The van der Waals surface area contributed by atoms with E-state index in [1.54, 1.807) is 0 Å². The van der Waals surface area contributed by atoms with Crippen molar-refractivity contribution in [3.05, 3.63) is 14.4 Å². The van der Waals surface area contributed by atoms with Crippen LogP contribution in [0.1, 0.15) is 12.8 Å². The fraction of sp³-hybridized carbons (Fsp3) is 0.500. The third-order valence-electron chi connectivity index (χ3n) is 0.969. The van der Waals surface area contributed by atoms with Gasteiger partial charge in [-0.05, 0) is 12.5 Å². The van der Waals surface area contributed by atoms with Gasteiger partial charge in [0.05, 0.1) is 0 Å². The molecule has 1 heterocycles. The first kappa shape index (κ1) is 12.3. The summed E-state index contributed by atoms with van der Waals surface area (Å²) in [5, 5.41) is 0. The van der Waals surface area contributed by atoms with Crippen molar-refractivity contribution >= 4 is 5.97 Å². The van der Waals surface area contributed by atoms with E-state index in [1.165, 1.54) is 0 Å². The molecule has 1 radical (unpaired) electrons. The van der Waals surface area contributed by atoms with Crippen molar-refractivity contribution in [2.24, 2.45) is 0 Å². The molecule has 3 heteroatoms. The van der Waals surface area contributed by atoms with E-state index < -0.39 is 0 Å². The Kier molecular flexibility index (Phi) is 7.31. The van der Waals surface area contributed by atoms with Crippen LogP contribution in [0.4, 0.5) is 0 Å². The number of rotatable bonds is 0. The number of carbonyl (C=O) groups is 1. The minimum atomic E-state index is -0.111. The van der Waals surface area contributed by atoms with Crippen LogP contribution in [-0.4, -0.2) is 12.1 Å². The van der Waals surface area contributed by atoms with Crippen molar-refractivity contribution in [2.75, 3.05) is 0 Å². The van der Waals surface area contributed by atoms with E-state index in [2.05, 4.69) is 11.7 Å². The molecule has 1 fully saturated rings. The van der Waals surface area contributed by atoms with Gasteiger partial charge < -0.3 is 19.1 Å². The van der Waals surface area contributed by atoms with Gasteiger partial charge in [-0.2, -0.15) is 0 Å². The number of ether oxygens (including phenoxy) is 1. The van der Waals surface area contributed by atoms with Crippen molar-refractivity contribution in [3.8, 4) is 0 Å². The van der Waals surface area contributed by atoms with Crippen LogP contribution in [0.3, 0.4) is 0 Å². The molecule has 1 saturated heterocycles. The molecule has 1 unspecified atom stereocenters. The first-order valence-electron chi connectivity index (χ1n) is 2.31. The summed E-state index contributed by atoms with van der Waals surface area (Å²) in [5.74, 6) is -0.111. The standard InChI is InChI=1S/C5H7O2.CH3.Y/c1-4-2-3-5(6)7-4;;/h4H,1-3H2;1H3;/q2*-1;. The van der Waals surface area contributed by atoms with E-state index in [9.17, 15) is 4.79 Å². The van der Waals surface area contributed by atoms with Crippen molar-refractivity contribution in [3.63, 3.8) is 0 Å². The summed E-state index contributed by atoms with van der Waals surface area (Å²) < 4.78 is 4.61. The molecule has 1 rings (SSSR count). The van der Waals surface area contributed by atoms with Gasteiger partial charge in [-0.1, -0.05) is 0 Å². The van der Waals surface area contributed by atoms with Gasteiger partial charge in [-0.25, -0.2) is 0 Å². The van der Waals surface area contributed by atoms with Crippen molar-refractivity contribution in [2.45, 2.75) is 18.9 Å². The molecular formula is C6H10O2Y-2. The molecule has 2 nitrogen and oxygen atoms in total. The second-order valence-corrected chi connectivity index (χ2v) is 1.65. The van der Waals surface area contributed by atoms with Crippen LogP contribution < -0.4 is 0 Å². The second kappa shape index (κ2) is 5.37. The Morgan fingerprint density at radius 1 is 1.67 bits per heavy atom. The van der Waals surface area contributed by atoms with Crippen molar-refractivity contribution in [1.29, 1.82) is 0 Å². The van der Waals surface area contributed by atoms with Gasteiger partial charge >= 0.3 is 5.97 Å². The Balaban J connectivity index is 0. The molecule has 1 atom stereocenters. The molecule has 0 N–H and O–H groups in total. The van der Waals surface area contributed by atoms with Gasteiger partial charge in [0.25, 0.3) is 0 Å². The number of carbonyl (C=O) groups excluding carboxylic acids is 1. The van der Waals surface area contributed by atoms with E-state index in [0.717, 1.165) is 6.42 Å². The van der Waals surface area contributed by atoms with Crippen LogP contribution in [0.25, 0.3) is 0 Å². The molecule has 1 aliphatic heterocycles. The minimum absolute atomic E-state index is 0. The quantitative estimate of drug-likeness (QED) is 0.433. The average Bonchev–Trinajstić information content (AvgIpc) is 1.87. The molecule has 0 bridgehead atoms. The predicted octanol–water partition coefficient (Wildman–Crippen LogP) is 0.974. The topological polar surface area (TPSA) is 26.3 Å². The molecule has 0 aromatic heterocycles. The maximum atomic E-state index is 10.2. The predicted molar refractivity (Wildman–Crippen MR) is 30.9 cm³/mol. The van der Waals surface area contributed by atoms with Crippen LogP contribution in [0, 0.1) is 14.4 Å². The Bertz CT molecular complexity index is 93.1. The molecule has 9 heavy (non-hydrogen) atoms. The third-order valence-corrected chi connectivity index (χ3v) is 0.969. The van der Waals surface area contributed by atoms with Gasteiger partial charge in [0, 0.05) is 39.1 Å². The molecular weight excluding hydrogens is 193 g/mol.